The third-order valence-corrected chi connectivity index (χ3v) is 8.65. The van der Waals surface area contributed by atoms with Crippen molar-refractivity contribution >= 4 is 43.3 Å². The highest BCUT2D eigenvalue weighted by Crippen LogP contribution is 2.66. The molecule has 0 spiro atoms. The van der Waals surface area contributed by atoms with Gasteiger partial charge in [-0.05, 0) is 49.3 Å². The van der Waals surface area contributed by atoms with Gasteiger partial charge in [0.05, 0.1) is 11.1 Å². The summed E-state index contributed by atoms with van der Waals surface area (Å²) in [6.45, 7) is 0. The zero-order valence-electron chi connectivity index (χ0n) is 12.5. The van der Waals surface area contributed by atoms with Crippen molar-refractivity contribution in [2.45, 2.75) is 42.1 Å². The van der Waals surface area contributed by atoms with Crippen LogP contribution >= 0.6 is 26.5 Å². The molecule has 2 aliphatic rings. The Morgan fingerprint density at radius 1 is 1.26 bits per heavy atom. The van der Waals surface area contributed by atoms with Crippen molar-refractivity contribution in [3.8, 4) is 0 Å². The van der Waals surface area contributed by atoms with Gasteiger partial charge in [-0.1, -0.05) is 15.9 Å². The molecule has 23 heavy (non-hydrogen) atoms. The van der Waals surface area contributed by atoms with E-state index >= 15 is 0 Å². The molecule has 1 amide bonds. The molecule has 2 saturated heterocycles. The second-order valence-electron chi connectivity index (χ2n) is 6.61. The molecule has 1 unspecified atom stereocenters. The molecule has 1 aromatic heterocycles. The molecule has 3 atom stereocenters. The van der Waals surface area contributed by atoms with Gasteiger partial charge in [-0.25, -0.2) is 0 Å². The smallest absolute Gasteiger partial charge is 0.250 e. The van der Waals surface area contributed by atoms with Gasteiger partial charge in [0.1, 0.15) is 0 Å². The maximum Gasteiger partial charge on any atom is 0.250 e. The van der Waals surface area contributed by atoms with Gasteiger partial charge in [-0.3, -0.25) is 13.9 Å². The maximum atomic E-state index is 11.7. The number of carbonyl (C=O) groups is 1. The van der Waals surface area contributed by atoms with E-state index in [0.717, 1.165) is 46.6 Å². The Bertz CT molecular complexity index is 788. The minimum atomic E-state index is -2.43. The summed E-state index contributed by atoms with van der Waals surface area (Å²) in [7, 11) is -2.43. The fourth-order valence-electron chi connectivity index (χ4n) is 4.24. The number of nitrogens with one attached hydrogen (secondary N) is 1. The number of amides is 1. The monoisotopic (exact) mass is 398 g/mol. The largest absolute Gasteiger partial charge is 0.366 e. The lowest BCUT2D eigenvalue weighted by molar-refractivity contribution is 0.100. The van der Waals surface area contributed by atoms with Crippen molar-refractivity contribution in [3.63, 3.8) is 0 Å². The number of fused-ring (bicyclic) bond motifs is 3. The van der Waals surface area contributed by atoms with E-state index in [-0.39, 0.29) is 16.4 Å². The Kier molecular flexibility index (Phi) is 3.53. The van der Waals surface area contributed by atoms with Gasteiger partial charge >= 0.3 is 0 Å². The number of hydrogen-bond acceptors (Lipinski definition) is 3. The topological polar surface area (TPSA) is 99.3 Å². The standard InChI is InChI=1S/C16H19BrN2O3S/c17-9-5-12-14(7-19-15(12)13(6-9)16(18)20)8-3-10-1-2-11(4-8)23(10,21)22/h5-8,10-11,19,21-22H,1-4H2,(H2,18,20)/t8?,10-,11+. The first-order valence-electron chi connectivity index (χ1n) is 7.74. The van der Waals surface area contributed by atoms with Crippen LogP contribution in [0.1, 0.15) is 47.5 Å². The van der Waals surface area contributed by atoms with Crippen molar-refractivity contribution in [2.75, 3.05) is 0 Å². The Morgan fingerprint density at radius 3 is 2.52 bits per heavy atom. The molecule has 2 aliphatic heterocycles. The molecule has 5 N–H and O–H groups in total. The zero-order chi connectivity index (χ0) is 16.4. The average molecular weight is 399 g/mol. The summed E-state index contributed by atoms with van der Waals surface area (Å²) in [4.78, 5) is 14.9. The third kappa shape index (κ3) is 2.33. The number of aromatic amines is 1. The van der Waals surface area contributed by atoms with Crippen LogP contribution in [0.4, 0.5) is 0 Å². The summed E-state index contributed by atoms with van der Waals surface area (Å²) in [6, 6.07) is 3.73. The van der Waals surface area contributed by atoms with Crippen LogP contribution in [-0.4, -0.2) is 30.5 Å². The Balaban J connectivity index is 1.78. The van der Waals surface area contributed by atoms with Crippen molar-refractivity contribution in [2.24, 2.45) is 5.73 Å². The SMILES string of the molecule is NC(=O)c1cc(Br)cc2c(C3C[C@H]4CC[C@@H](C3)S4(O)O)c[nH]c12. The number of hydrogen-bond donors (Lipinski definition) is 4. The Morgan fingerprint density at radius 2 is 1.91 bits per heavy atom. The first-order chi connectivity index (χ1) is 10.9. The number of H-pyrrole nitrogens is 1. The molecule has 3 heterocycles. The van der Waals surface area contributed by atoms with Crippen LogP contribution in [0.3, 0.4) is 0 Å². The molecule has 4 rings (SSSR count). The highest BCUT2D eigenvalue weighted by Gasteiger charge is 2.47. The summed E-state index contributed by atoms with van der Waals surface area (Å²) in [5.74, 6) is -0.168. The van der Waals surface area contributed by atoms with E-state index in [1.165, 1.54) is 0 Å². The van der Waals surface area contributed by atoms with Crippen LogP contribution < -0.4 is 5.73 Å². The van der Waals surface area contributed by atoms with E-state index in [1.54, 1.807) is 6.07 Å². The summed E-state index contributed by atoms with van der Waals surface area (Å²) in [6.07, 6.45) is 5.35. The van der Waals surface area contributed by atoms with Crippen molar-refractivity contribution in [1.29, 1.82) is 0 Å². The molecule has 2 bridgehead atoms. The highest BCUT2D eigenvalue weighted by atomic mass is 79.9. The number of benzene rings is 1. The summed E-state index contributed by atoms with van der Waals surface area (Å²) in [5.41, 5.74) is 7.87. The minimum absolute atomic E-state index is 0.0129. The number of aromatic nitrogens is 1. The molecule has 0 saturated carbocycles. The fraction of sp³-hybridized carbons (Fsp3) is 0.438. The minimum Gasteiger partial charge on any atom is -0.366 e. The van der Waals surface area contributed by atoms with E-state index < -0.39 is 16.5 Å². The van der Waals surface area contributed by atoms with Crippen LogP contribution in [0.25, 0.3) is 10.9 Å². The van der Waals surface area contributed by atoms with E-state index in [4.69, 9.17) is 5.73 Å². The Hall–Kier alpha value is -1.02. The van der Waals surface area contributed by atoms with E-state index in [0.29, 0.717) is 5.56 Å². The lowest BCUT2D eigenvalue weighted by Crippen LogP contribution is -2.28. The van der Waals surface area contributed by atoms with Gasteiger partial charge in [0.15, 0.2) is 0 Å². The second-order valence-corrected chi connectivity index (χ2v) is 10.1. The van der Waals surface area contributed by atoms with Gasteiger partial charge in [0, 0.05) is 26.6 Å². The molecule has 5 nitrogen and oxygen atoms in total. The molecule has 1 aromatic carbocycles. The van der Waals surface area contributed by atoms with E-state index in [2.05, 4.69) is 20.9 Å². The molecule has 0 radical (unpaired) electrons. The zero-order valence-corrected chi connectivity index (χ0v) is 14.9. The van der Waals surface area contributed by atoms with Crippen molar-refractivity contribution < 1.29 is 13.9 Å². The predicted octanol–water partition coefficient (Wildman–Crippen LogP) is 4.19. The molecule has 2 fully saturated rings. The summed E-state index contributed by atoms with van der Waals surface area (Å²) >= 11 is 3.45. The lowest BCUT2D eigenvalue weighted by Gasteiger charge is -2.46. The van der Waals surface area contributed by atoms with Gasteiger partial charge in [0.25, 0.3) is 5.91 Å². The Labute approximate surface area is 144 Å². The van der Waals surface area contributed by atoms with E-state index in [1.807, 2.05) is 12.3 Å². The number of primary amides is 1. The first kappa shape index (κ1) is 15.5. The predicted molar refractivity (Wildman–Crippen MR) is 96.2 cm³/mol. The number of halogens is 1. The van der Waals surface area contributed by atoms with Crippen LogP contribution in [0.5, 0.6) is 0 Å². The summed E-state index contributed by atoms with van der Waals surface area (Å²) in [5, 5.41) is 1.02. The van der Waals surface area contributed by atoms with Gasteiger partial charge in [-0.15, -0.1) is 0 Å². The normalized spacial score (nSPS) is 30.5. The van der Waals surface area contributed by atoms with Gasteiger partial charge in [0.2, 0.25) is 0 Å². The van der Waals surface area contributed by atoms with Crippen LogP contribution in [0, 0.1) is 0 Å². The molecule has 0 aliphatic carbocycles. The van der Waals surface area contributed by atoms with Crippen LogP contribution in [-0.2, 0) is 0 Å². The van der Waals surface area contributed by atoms with Gasteiger partial charge in [-0.2, -0.15) is 10.6 Å². The van der Waals surface area contributed by atoms with Crippen LogP contribution in [0.15, 0.2) is 22.8 Å². The number of nitrogens with two attached hydrogens (primary N) is 1. The molecule has 7 heteroatoms. The third-order valence-electron chi connectivity index (χ3n) is 5.38. The number of carbonyl (C=O) groups excluding carboxylic acids is 1. The lowest BCUT2D eigenvalue weighted by atomic mass is 9.90. The average Bonchev–Trinajstić information content (AvgIpc) is 2.90. The molecular formula is C16H19BrN2O3S. The highest BCUT2D eigenvalue weighted by molar-refractivity contribution is 9.10. The molecular weight excluding hydrogens is 380 g/mol. The van der Waals surface area contributed by atoms with Gasteiger partial charge < -0.3 is 10.7 Å². The number of rotatable bonds is 2. The second kappa shape index (κ2) is 5.24. The maximum absolute atomic E-state index is 11.7. The van der Waals surface area contributed by atoms with Crippen molar-refractivity contribution in [3.05, 3.63) is 33.9 Å². The molecule has 124 valence electrons. The van der Waals surface area contributed by atoms with Crippen molar-refractivity contribution in [1.82, 2.24) is 4.98 Å². The quantitative estimate of drug-likeness (QED) is 0.609. The first-order valence-corrected chi connectivity index (χ1v) is 10.2. The summed E-state index contributed by atoms with van der Waals surface area (Å²) < 4.78 is 21.5. The van der Waals surface area contributed by atoms with Crippen LogP contribution in [0.2, 0.25) is 0 Å². The molecule has 2 aromatic rings. The fourth-order valence-corrected chi connectivity index (χ4v) is 7.24. The van der Waals surface area contributed by atoms with E-state index in [9.17, 15) is 13.9 Å².